The van der Waals surface area contributed by atoms with Crippen molar-refractivity contribution in [3.8, 4) is 0 Å². The van der Waals surface area contributed by atoms with E-state index in [1.54, 1.807) is 0 Å². The number of amides is 1. The van der Waals surface area contributed by atoms with Crippen LogP contribution in [0.2, 0.25) is 10.0 Å². The van der Waals surface area contributed by atoms with Gasteiger partial charge in [-0.05, 0) is 116 Å². The van der Waals surface area contributed by atoms with Crippen molar-refractivity contribution in [2.45, 2.75) is 48.1 Å². The van der Waals surface area contributed by atoms with Gasteiger partial charge in [0.15, 0.2) is 12.4 Å². The zero-order valence-electron chi connectivity index (χ0n) is 27.1. The molecule has 2 fully saturated rings. The topological polar surface area (TPSA) is 88.0 Å². The fraction of sp³-hybridized carbons (Fsp3) is 0.289. The van der Waals surface area contributed by atoms with Gasteiger partial charge in [0.25, 0.3) is 5.91 Å². The number of fused-ring (bicyclic) bond motifs is 1. The molecule has 0 radical (unpaired) electrons. The Balaban J connectivity index is 1.02. The fourth-order valence-electron chi connectivity index (χ4n) is 6.81. The Kier molecular flexibility index (Phi) is 10.9. The Labute approximate surface area is 314 Å². The molecule has 1 aromatic heterocycles. The third-order valence-corrected chi connectivity index (χ3v) is 11.2. The average Bonchev–Trinajstić information content (AvgIpc) is 3.54. The standard InChI is InChI=1S/C38H34BrCl2N5O3S/c39-28-10-16-31(17-11-28)50-34-19-18-33(42-43-34)45-20-2-4-27(22-45)38(48)49-23-35(47)46-37(25-8-14-30(41)15-9-25)32-5-1-3-26(36(32)44-46)21-24-6-12-29(40)13-7-24/h6-19,21,27,32,37H,1-5,20,22-23H2/b26-21-. The highest BCUT2D eigenvalue weighted by Gasteiger charge is 2.44. The van der Waals surface area contributed by atoms with Gasteiger partial charge in [-0.25, -0.2) is 5.01 Å². The van der Waals surface area contributed by atoms with E-state index >= 15 is 0 Å². The Morgan fingerprint density at radius 3 is 2.36 bits per heavy atom. The number of hydrogen-bond acceptors (Lipinski definition) is 8. The third kappa shape index (κ3) is 8.09. The van der Waals surface area contributed by atoms with Crippen LogP contribution in [-0.2, 0) is 14.3 Å². The molecule has 3 aromatic carbocycles. The van der Waals surface area contributed by atoms with Gasteiger partial charge in [-0.2, -0.15) is 5.10 Å². The minimum atomic E-state index is -0.394. The molecule has 1 amide bonds. The van der Waals surface area contributed by atoms with Crippen molar-refractivity contribution in [2.75, 3.05) is 24.6 Å². The van der Waals surface area contributed by atoms with Crippen LogP contribution in [0.3, 0.4) is 0 Å². The molecule has 3 unspecified atom stereocenters. The number of aromatic nitrogens is 2. The van der Waals surface area contributed by atoms with E-state index < -0.39 is 5.97 Å². The molecule has 12 heteroatoms. The van der Waals surface area contributed by atoms with Crippen LogP contribution in [0.4, 0.5) is 5.82 Å². The molecule has 3 aliphatic rings. The van der Waals surface area contributed by atoms with Gasteiger partial charge >= 0.3 is 5.97 Å². The van der Waals surface area contributed by atoms with Gasteiger partial charge < -0.3 is 9.64 Å². The van der Waals surface area contributed by atoms with E-state index in [-0.39, 0.29) is 30.4 Å². The number of carbonyl (C=O) groups excluding carboxylic acids is 2. The zero-order valence-corrected chi connectivity index (χ0v) is 31.0. The van der Waals surface area contributed by atoms with Gasteiger partial charge in [0.05, 0.1) is 17.7 Å². The van der Waals surface area contributed by atoms with Crippen molar-refractivity contribution in [2.24, 2.45) is 16.9 Å². The quantitative estimate of drug-likeness (QED) is 0.165. The van der Waals surface area contributed by atoms with Gasteiger partial charge in [-0.1, -0.05) is 75.2 Å². The number of esters is 1. The van der Waals surface area contributed by atoms with Crippen LogP contribution < -0.4 is 4.90 Å². The highest BCUT2D eigenvalue weighted by atomic mass is 79.9. The van der Waals surface area contributed by atoms with Crippen molar-refractivity contribution < 1.29 is 14.3 Å². The summed E-state index contributed by atoms with van der Waals surface area (Å²) in [6, 6.07) is 26.8. The lowest BCUT2D eigenvalue weighted by molar-refractivity contribution is -0.156. The number of rotatable bonds is 8. The zero-order chi connectivity index (χ0) is 34.6. The van der Waals surface area contributed by atoms with Gasteiger partial charge in [0.1, 0.15) is 5.03 Å². The number of allylic oxidation sites excluding steroid dienone is 1. The first-order chi connectivity index (χ1) is 24.3. The van der Waals surface area contributed by atoms with E-state index in [0.717, 1.165) is 69.0 Å². The van der Waals surface area contributed by atoms with E-state index in [1.807, 2.05) is 84.9 Å². The van der Waals surface area contributed by atoms with Gasteiger partial charge in [0.2, 0.25) is 0 Å². The molecule has 7 rings (SSSR count). The molecule has 3 heterocycles. The number of hydrazone groups is 1. The van der Waals surface area contributed by atoms with Crippen molar-refractivity contribution >= 4 is 80.4 Å². The number of hydrogen-bond donors (Lipinski definition) is 0. The summed E-state index contributed by atoms with van der Waals surface area (Å²) in [5.41, 5.74) is 3.96. The van der Waals surface area contributed by atoms with Gasteiger partial charge in [-0.15, -0.1) is 10.2 Å². The van der Waals surface area contributed by atoms with Crippen molar-refractivity contribution in [1.29, 1.82) is 0 Å². The van der Waals surface area contributed by atoms with E-state index in [1.165, 1.54) is 16.8 Å². The maximum absolute atomic E-state index is 13.8. The molecule has 0 N–H and O–H groups in total. The summed E-state index contributed by atoms with van der Waals surface area (Å²) in [5.74, 6) is -0.417. The lowest BCUT2D eigenvalue weighted by Crippen LogP contribution is -2.41. The summed E-state index contributed by atoms with van der Waals surface area (Å²) in [7, 11) is 0. The number of carbonyl (C=O) groups is 2. The molecule has 1 aliphatic carbocycles. The van der Waals surface area contributed by atoms with Crippen LogP contribution in [-0.4, -0.2) is 52.5 Å². The van der Waals surface area contributed by atoms with E-state index in [9.17, 15) is 9.59 Å². The number of piperidine rings is 1. The first-order valence-corrected chi connectivity index (χ1v) is 19.0. The summed E-state index contributed by atoms with van der Waals surface area (Å²) in [6.45, 7) is 0.820. The molecule has 50 heavy (non-hydrogen) atoms. The molecule has 8 nitrogen and oxygen atoms in total. The van der Waals surface area contributed by atoms with Crippen LogP contribution in [0.5, 0.6) is 0 Å². The second-order valence-electron chi connectivity index (χ2n) is 12.6. The van der Waals surface area contributed by atoms with Crippen LogP contribution in [0.1, 0.15) is 49.3 Å². The van der Waals surface area contributed by atoms with Crippen LogP contribution in [0, 0.1) is 11.8 Å². The van der Waals surface area contributed by atoms with Crippen LogP contribution in [0.15, 0.2) is 110 Å². The molecule has 1 saturated carbocycles. The molecule has 1 saturated heterocycles. The maximum atomic E-state index is 13.8. The second-order valence-corrected chi connectivity index (χ2v) is 15.5. The lowest BCUT2D eigenvalue weighted by atomic mass is 9.77. The van der Waals surface area contributed by atoms with E-state index in [2.05, 4.69) is 37.1 Å². The largest absolute Gasteiger partial charge is 0.455 e. The Morgan fingerprint density at radius 2 is 1.64 bits per heavy atom. The molecule has 0 spiro atoms. The molecule has 256 valence electrons. The summed E-state index contributed by atoms with van der Waals surface area (Å²) >= 11 is 17.3. The molecular weight excluding hydrogens is 757 g/mol. The summed E-state index contributed by atoms with van der Waals surface area (Å²) in [4.78, 5) is 30.3. The summed E-state index contributed by atoms with van der Waals surface area (Å²) in [6.07, 6.45) is 6.32. The normalized spacial score (nSPS) is 21.1. The minimum Gasteiger partial charge on any atom is -0.455 e. The second kappa shape index (κ2) is 15.7. The Bertz CT molecular complexity index is 1910. The Hall–Kier alpha value is -3.70. The van der Waals surface area contributed by atoms with E-state index in [4.69, 9.17) is 33.0 Å². The summed E-state index contributed by atoms with van der Waals surface area (Å²) < 4.78 is 6.73. The van der Waals surface area contributed by atoms with Crippen molar-refractivity contribution in [3.63, 3.8) is 0 Å². The van der Waals surface area contributed by atoms with Crippen LogP contribution >= 0.6 is 50.9 Å². The smallest absolute Gasteiger partial charge is 0.311 e. The SMILES string of the molecule is O=C(OCC(=O)N1N=C2/C(=C\c3ccc(Cl)cc3)CCCC2C1c1ccc(Cl)cc1)C1CCCN(c2ccc(Sc3ccc(Br)cc3)nn2)C1. The molecule has 4 aromatic rings. The average molecular weight is 792 g/mol. The monoisotopic (exact) mass is 789 g/mol. The number of anilines is 1. The molecule has 0 bridgehead atoms. The number of ether oxygens (including phenoxy) is 1. The molecule has 2 aliphatic heterocycles. The van der Waals surface area contributed by atoms with Gasteiger partial charge in [0, 0.05) is 38.4 Å². The molecular formula is C38H34BrCl2N5O3S. The maximum Gasteiger partial charge on any atom is 0.311 e. The lowest BCUT2D eigenvalue weighted by Gasteiger charge is -2.32. The van der Waals surface area contributed by atoms with Crippen molar-refractivity contribution in [1.82, 2.24) is 15.2 Å². The highest BCUT2D eigenvalue weighted by Crippen LogP contribution is 2.44. The number of benzene rings is 3. The van der Waals surface area contributed by atoms with Gasteiger partial charge in [-0.3, -0.25) is 9.59 Å². The fourth-order valence-corrected chi connectivity index (χ4v) is 8.06. The molecule has 3 atom stereocenters. The van der Waals surface area contributed by atoms with Crippen LogP contribution in [0.25, 0.3) is 6.08 Å². The highest BCUT2D eigenvalue weighted by molar-refractivity contribution is 9.10. The first kappa shape index (κ1) is 34.7. The predicted molar refractivity (Wildman–Crippen MR) is 201 cm³/mol. The Morgan fingerprint density at radius 1 is 0.900 bits per heavy atom. The predicted octanol–water partition coefficient (Wildman–Crippen LogP) is 9.28. The summed E-state index contributed by atoms with van der Waals surface area (Å²) in [5, 5.41) is 17.4. The van der Waals surface area contributed by atoms with Crippen molar-refractivity contribution in [3.05, 3.63) is 116 Å². The number of halogens is 3. The third-order valence-electron chi connectivity index (χ3n) is 9.26. The minimum absolute atomic E-state index is 0.00999. The number of nitrogens with zero attached hydrogens (tertiary/aromatic N) is 5. The van der Waals surface area contributed by atoms with E-state index in [0.29, 0.717) is 28.8 Å². The first-order valence-electron chi connectivity index (χ1n) is 16.6.